The van der Waals surface area contributed by atoms with E-state index in [0.29, 0.717) is 18.9 Å². The molecule has 0 saturated carbocycles. The largest absolute Gasteiger partial charge is 0.454 e. The Bertz CT molecular complexity index is 850. The number of halogens is 1. The van der Waals surface area contributed by atoms with Gasteiger partial charge in [0.15, 0.2) is 6.61 Å². The Hall–Kier alpha value is -3.22. The summed E-state index contributed by atoms with van der Waals surface area (Å²) in [5.74, 6) is -1.86. The second-order valence-electron chi connectivity index (χ2n) is 6.85. The summed E-state index contributed by atoms with van der Waals surface area (Å²) in [7, 11) is 0. The smallest absolute Gasteiger partial charge is 0.325 e. The van der Waals surface area contributed by atoms with Crippen molar-refractivity contribution in [2.45, 2.75) is 26.2 Å². The van der Waals surface area contributed by atoms with E-state index >= 15 is 0 Å². The molecule has 0 aliphatic heterocycles. The molecule has 0 aromatic heterocycles. The summed E-state index contributed by atoms with van der Waals surface area (Å²) in [4.78, 5) is 35.2. The molecule has 7 heteroatoms. The van der Waals surface area contributed by atoms with Crippen LogP contribution in [0.15, 0.2) is 48.5 Å². The number of carbonyl (C=O) groups is 3. The van der Waals surface area contributed by atoms with E-state index in [1.807, 2.05) is 12.1 Å². The first kappa shape index (κ1) is 22.1. The second-order valence-corrected chi connectivity index (χ2v) is 6.85. The lowest BCUT2D eigenvalue weighted by Crippen LogP contribution is -2.34. The van der Waals surface area contributed by atoms with Crippen molar-refractivity contribution in [3.8, 4) is 0 Å². The van der Waals surface area contributed by atoms with Crippen molar-refractivity contribution in [3.05, 3.63) is 71.0 Å². The maximum Gasteiger partial charge on any atom is 0.325 e. The maximum atomic E-state index is 13.1. The fraction of sp³-hybridized carbons (Fsp3) is 0.318. The highest BCUT2D eigenvalue weighted by Gasteiger charge is 2.11. The molecule has 6 nitrogen and oxygen atoms in total. The number of nitrogens with one attached hydrogen (secondary N) is 2. The molecule has 0 radical (unpaired) electrons. The van der Waals surface area contributed by atoms with Crippen molar-refractivity contribution >= 4 is 17.8 Å². The Morgan fingerprint density at radius 3 is 2.41 bits per heavy atom. The molecule has 0 aliphatic rings. The SMILES string of the molecule is CC(C)c1ccc(CCNC(=O)COC(=O)CNC(=O)c2cccc(F)c2)cc1. The van der Waals surface area contributed by atoms with Crippen LogP contribution >= 0.6 is 0 Å². The molecule has 0 bridgehead atoms. The second kappa shape index (κ2) is 10.9. The molecule has 0 unspecified atom stereocenters. The number of amides is 2. The minimum atomic E-state index is -0.755. The summed E-state index contributed by atoms with van der Waals surface area (Å²) in [5.41, 5.74) is 2.46. The highest BCUT2D eigenvalue weighted by molar-refractivity contribution is 5.96. The predicted octanol–water partition coefficient (Wildman–Crippen LogP) is 2.58. The third-order valence-corrected chi connectivity index (χ3v) is 4.23. The van der Waals surface area contributed by atoms with Crippen molar-refractivity contribution in [1.82, 2.24) is 10.6 Å². The van der Waals surface area contributed by atoms with Crippen molar-refractivity contribution in [2.24, 2.45) is 0 Å². The number of hydrogen-bond donors (Lipinski definition) is 2. The lowest BCUT2D eigenvalue weighted by molar-refractivity contribution is -0.147. The topological polar surface area (TPSA) is 84.5 Å². The number of hydrogen-bond acceptors (Lipinski definition) is 4. The van der Waals surface area contributed by atoms with Crippen molar-refractivity contribution in [3.63, 3.8) is 0 Å². The molecule has 0 saturated heterocycles. The maximum absolute atomic E-state index is 13.1. The summed E-state index contributed by atoms with van der Waals surface area (Å²) in [6.07, 6.45) is 0.668. The van der Waals surface area contributed by atoms with Crippen LogP contribution in [0.25, 0.3) is 0 Å². The van der Waals surface area contributed by atoms with Crippen LogP contribution in [0.3, 0.4) is 0 Å². The van der Waals surface area contributed by atoms with E-state index < -0.39 is 36.8 Å². The Morgan fingerprint density at radius 1 is 1.03 bits per heavy atom. The van der Waals surface area contributed by atoms with Gasteiger partial charge in [-0.2, -0.15) is 0 Å². The van der Waals surface area contributed by atoms with E-state index in [4.69, 9.17) is 4.74 Å². The average Bonchev–Trinajstić information content (AvgIpc) is 2.70. The Kier molecular flexibility index (Phi) is 8.33. The average molecular weight is 400 g/mol. The van der Waals surface area contributed by atoms with Gasteiger partial charge in [0.1, 0.15) is 12.4 Å². The molecule has 2 rings (SSSR count). The summed E-state index contributed by atoms with van der Waals surface area (Å²) in [6, 6.07) is 13.3. The van der Waals surface area contributed by atoms with Crippen molar-refractivity contribution in [1.29, 1.82) is 0 Å². The molecule has 29 heavy (non-hydrogen) atoms. The van der Waals surface area contributed by atoms with Crippen molar-refractivity contribution < 1.29 is 23.5 Å². The van der Waals surface area contributed by atoms with Gasteiger partial charge in [-0.25, -0.2) is 4.39 Å². The minimum absolute atomic E-state index is 0.0944. The van der Waals surface area contributed by atoms with Gasteiger partial charge in [0.25, 0.3) is 11.8 Å². The first-order valence-corrected chi connectivity index (χ1v) is 9.40. The van der Waals surface area contributed by atoms with Gasteiger partial charge in [-0.1, -0.05) is 44.2 Å². The van der Waals surface area contributed by atoms with Crippen LogP contribution in [0, 0.1) is 5.82 Å². The molecule has 154 valence electrons. The van der Waals surface area contributed by atoms with Gasteiger partial charge >= 0.3 is 5.97 Å². The van der Waals surface area contributed by atoms with Gasteiger partial charge < -0.3 is 15.4 Å². The molecule has 0 fully saturated rings. The summed E-state index contributed by atoms with van der Waals surface area (Å²) < 4.78 is 17.9. The molecule has 2 amide bonds. The quantitative estimate of drug-likeness (QED) is 0.634. The monoisotopic (exact) mass is 400 g/mol. The number of benzene rings is 2. The van der Waals surface area contributed by atoms with Gasteiger partial charge in [0, 0.05) is 12.1 Å². The highest BCUT2D eigenvalue weighted by atomic mass is 19.1. The summed E-state index contributed by atoms with van der Waals surface area (Å²) in [5, 5.41) is 4.99. The van der Waals surface area contributed by atoms with Crippen LogP contribution in [-0.2, 0) is 20.7 Å². The summed E-state index contributed by atoms with van der Waals surface area (Å²) >= 11 is 0. The highest BCUT2D eigenvalue weighted by Crippen LogP contribution is 2.14. The van der Waals surface area contributed by atoms with Crippen molar-refractivity contribution in [2.75, 3.05) is 19.7 Å². The van der Waals surface area contributed by atoms with Crippen LogP contribution in [0.1, 0.15) is 41.3 Å². The predicted molar refractivity (Wildman–Crippen MR) is 107 cm³/mol. The fourth-order valence-corrected chi connectivity index (χ4v) is 2.55. The van der Waals surface area contributed by atoms with E-state index in [2.05, 4.69) is 36.6 Å². The van der Waals surface area contributed by atoms with Crippen LogP contribution in [-0.4, -0.2) is 37.5 Å². The Labute approximate surface area is 169 Å². The molecule has 2 N–H and O–H groups in total. The van der Waals surface area contributed by atoms with Gasteiger partial charge in [0.2, 0.25) is 0 Å². The zero-order valence-electron chi connectivity index (χ0n) is 16.5. The van der Waals surface area contributed by atoms with E-state index in [0.717, 1.165) is 11.6 Å². The minimum Gasteiger partial charge on any atom is -0.454 e. The Balaban J connectivity index is 1.63. The number of ether oxygens (including phenoxy) is 1. The van der Waals surface area contributed by atoms with Gasteiger partial charge in [-0.15, -0.1) is 0 Å². The van der Waals surface area contributed by atoms with Gasteiger partial charge in [-0.05, 0) is 41.7 Å². The van der Waals surface area contributed by atoms with E-state index in [1.54, 1.807) is 0 Å². The third-order valence-electron chi connectivity index (χ3n) is 4.23. The normalized spacial score (nSPS) is 10.5. The molecule has 0 atom stereocenters. The van der Waals surface area contributed by atoms with Crippen LogP contribution in [0.5, 0.6) is 0 Å². The molecule has 0 aliphatic carbocycles. The van der Waals surface area contributed by atoms with E-state index in [-0.39, 0.29) is 5.56 Å². The van der Waals surface area contributed by atoms with E-state index in [1.165, 1.54) is 23.8 Å². The standard InChI is InChI=1S/C22H25FN2O4/c1-15(2)17-8-6-16(7-9-17)10-11-24-20(26)14-29-21(27)13-25-22(28)18-4-3-5-19(23)12-18/h3-9,12,15H,10-11,13-14H2,1-2H3,(H,24,26)(H,25,28). The Morgan fingerprint density at radius 2 is 1.76 bits per heavy atom. The number of carbonyl (C=O) groups excluding carboxylic acids is 3. The number of rotatable bonds is 9. The number of esters is 1. The van der Waals surface area contributed by atoms with E-state index in [9.17, 15) is 18.8 Å². The van der Waals surface area contributed by atoms with Crippen LogP contribution in [0.4, 0.5) is 4.39 Å². The lowest BCUT2D eigenvalue weighted by atomic mass is 10.0. The van der Waals surface area contributed by atoms with Crippen LogP contribution in [0.2, 0.25) is 0 Å². The van der Waals surface area contributed by atoms with Crippen LogP contribution < -0.4 is 10.6 Å². The molecule has 0 spiro atoms. The van der Waals surface area contributed by atoms with Gasteiger partial charge in [-0.3, -0.25) is 14.4 Å². The zero-order chi connectivity index (χ0) is 21.2. The zero-order valence-corrected chi connectivity index (χ0v) is 16.5. The molecular formula is C22H25FN2O4. The first-order valence-electron chi connectivity index (χ1n) is 9.40. The molecule has 2 aromatic rings. The lowest BCUT2D eigenvalue weighted by Gasteiger charge is -2.09. The first-order chi connectivity index (χ1) is 13.8. The molecule has 0 heterocycles. The van der Waals surface area contributed by atoms with Gasteiger partial charge in [0.05, 0.1) is 0 Å². The molecular weight excluding hydrogens is 375 g/mol. The third kappa shape index (κ3) is 7.73. The summed E-state index contributed by atoms with van der Waals surface area (Å²) in [6.45, 7) is 3.84. The molecule has 2 aromatic carbocycles. The fourth-order valence-electron chi connectivity index (χ4n) is 2.55.